The van der Waals surface area contributed by atoms with Gasteiger partial charge in [-0.2, -0.15) is 0 Å². The summed E-state index contributed by atoms with van der Waals surface area (Å²) in [5.74, 6) is -0.990. The van der Waals surface area contributed by atoms with Crippen molar-refractivity contribution in [1.82, 2.24) is 4.98 Å². The molecule has 6 nitrogen and oxygen atoms in total. The molecule has 0 fully saturated rings. The molecule has 0 spiro atoms. The molecule has 0 radical (unpaired) electrons. The van der Waals surface area contributed by atoms with Crippen LogP contribution in [-0.2, 0) is 10.0 Å². The van der Waals surface area contributed by atoms with Gasteiger partial charge in [0.25, 0.3) is 10.0 Å². The Kier molecular flexibility index (Phi) is 4.47. The summed E-state index contributed by atoms with van der Waals surface area (Å²) in [7, 11) is -3.88. The van der Waals surface area contributed by atoms with Crippen LogP contribution in [0.5, 0.6) is 0 Å². The first kappa shape index (κ1) is 15.7. The lowest BCUT2D eigenvalue weighted by atomic mass is 10.2. The Labute approximate surface area is 135 Å². The maximum absolute atomic E-state index is 12.3. The standard InChI is InChI=1S/C13H11IN2O4S/c1-8-4-5-15-12(6-8)16-21(19,20)9-2-3-11(14)10(7-9)13(17)18/h2-7H,1H3,(H,15,16)(H,17,18). The molecule has 0 atom stereocenters. The number of nitrogens with one attached hydrogen (secondary N) is 1. The average molecular weight is 418 g/mol. The molecular formula is C13H11IN2O4S. The largest absolute Gasteiger partial charge is 0.478 e. The number of sulfonamides is 1. The number of nitrogens with zero attached hydrogens (tertiary/aromatic N) is 1. The monoisotopic (exact) mass is 418 g/mol. The van der Waals surface area contributed by atoms with E-state index in [2.05, 4.69) is 9.71 Å². The van der Waals surface area contributed by atoms with Crippen LogP contribution in [0.15, 0.2) is 41.4 Å². The Morgan fingerprint density at radius 2 is 2.00 bits per heavy atom. The number of aryl methyl sites for hydroxylation is 1. The summed E-state index contributed by atoms with van der Waals surface area (Å²) in [5, 5.41) is 9.05. The summed E-state index contributed by atoms with van der Waals surface area (Å²) in [6.07, 6.45) is 1.49. The van der Waals surface area contributed by atoms with Gasteiger partial charge < -0.3 is 5.11 Å². The third-order valence-corrected chi connectivity index (χ3v) is 4.93. The molecule has 2 aromatic rings. The molecule has 0 amide bonds. The molecule has 0 aliphatic rings. The number of carboxylic acids is 1. The molecule has 2 rings (SSSR count). The van der Waals surface area contributed by atoms with E-state index in [1.54, 1.807) is 12.1 Å². The van der Waals surface area contributed by atoms with Crippen LogP contribution in [0.2, 0.25) is 0 Å². The highest BCUT2D eigenvalue weighted by Crippen LogP contribution is 2.20. The molecule has 0 saturated heterocycles. The number of pyridine rings is 1. The molecule has 110 valence electrons. The zero-order chi connectivity index (χ0) is 15.6. The molecule has 0 unspecified atom stereocenters. The van der Waals surface area contributed by atoms with Crippen LogP contribution >= 0.6 is 22.6 Å². The molecule has 0 aliphatic carbocycles. The first-order chi connectivity index (χ1) is 9.79. The molecule has 1 heterocycles. The summed E-state index contributed by atoms with van der Waals surface area (Å²) in [6, 6.07) is 7.25. The molecule has 0 bridgehead atoms. The highest BCUT2D eigenvalue weighted by Gasteiger charge is 2.18. The number of carbonyl (C=O) groups is 1. The zero-order valence-electron chi connectivity index (χ0n) is 10.9. The predicted octanol–water partition coefficient (Wildman–Crippen LogP) is 2.49. The van der Waals surface area contributed by atoms with Crippen molar-refractivity contribution < 1.29 is 18.3 Å². The minimum Gasteiger partial charge on any atom is -0.478 e. The van der Waals surface area contributed by atoms with E-state index in [1.165, 1.54) is 18.3 Å². The van der Waals surface area contributed by atoms with E-state index in [0.717, 1.165) is 11.6 Å². The van der Waals surface area contributed by atoms with Crippen LogP contribution in [0, 0.1) is 10.5 Å². The fraction of sp³-hybridized carbons (Fsp3) is 0.0769. The Balaban J connectivity index is 2.40. The summed E-state index contributed by atoms with van der Waals surface area (Å²) < 4.78 is 27.3. The minimum atomic E-state index is -3.88. The third kappa shape index (κ3) is 3.70. The van der Waals surface area contributed by atoms with E-state index in [4.69, 9.17) is 5.11 Å². The number of hydrogen-bond donors (Lipinski definition) is 2. The number of benzene rings is 1. The molecule has 0 saturated carbocycles. The van der Waals surface area contributed by atoms with Gasteiger partial charge in [-0.25, -0.2) is 18.2 Å². The quantitative estimate of drug-likeness (QED) is 0.744. The van der Waals surface area contributed by atoms with Crippen molar-refractivity contribution in [3.8, 4) is 0 Å². The Morgan fingerprint density at radius 3 is 2.62 bits per heavy atom. The fourth-order valence-electron chi connectivity index (χ4n) is 1.62. The first-order valence-corrected chi connectivity index (χ1v) is 8.34. The molecule has 1 aromatic carbocycles. The van der Waals surface area contributed by atoms with Crippen molar-refractivity contribution in [2.75, 3.05) is 4.72 Å². The van der Waals surface area contributed by atoms with E-state index in [9.17, 15) is 13.2 Å². The van der Waals surface area contributed by atoms with Crippen molar-refractivity contribution in [3.05, 3.63) is 51.2 Å². The van der Waals surface area contributed by atoms with Gasteiger partial charge in [0.05, 0.1) is 10.5 Å². The maximum Gasteiger partial charge on any atom is 0.336 e. The van der Waals surface area contributed by atoms with Crippen LogP contribution in [0.4, 0.5) is 5.82 Å². The lowest BCUT2D eigenvalue weighted by Crippen LogP contribution is -2.15. The van der Waals surface area contributed by atoms with Crippen LogP contribution in [0.1, 0.15) is 15.9 Å². The number of aromatic nitrogens is 1. The normalized spacial score (nSPS) is 11.1. The van der Waals surface area contributed by atoms with Crippen LogP contribution in [0.25, 0.3) is 0 Å². The number of halogens is 1. The van der Waals surface area contributed by atoms with Gasteiger partial charge in [0.15, 0.2) is 0 Å². The van der Waals surface area contributed by atoms with E-state index >= 15 is 0 Å². The average Bonchev–Trinajstić information content (AvgIpc) is 2.38. The highest BCUT2D eigenvalue weighted by molar-refractivity contribution is 14.1. The lowest BCUT2D eigenvalue weighted by Gasteiger charge is -2.09. The second kappa shape index (κ2) is 5.98. The Morgan fingerprint density at radius 1 is 1.29 bits per heavy atom. The number of hydrogen-bond acceptors (Lipinski definition) is 4. The molecule has 8 heteroatoms. The van der Waals surface area contributed by atoms with Gasteiger partial charge in [0, 0.05) is 9.77 Å². The smallest absolute Gasteiger partial charge is 0.336 e. The van der Waals surface area contributed by atoms with E-state index in [-0.39, 0.29) is 16.3 Å². The molecule has 2 N–H and O–H groups in total. The minimum absolute atomic E-state index is 0.0596. The van der Waals surface area contributed by atoms with Gasteiger partial charge in [-0.3, -0.25) is 4.72 Å². The molecule has 0 aliphatic heterocycles. The molecule has 1 aromatic heterocycles. The van der Waals surface area contributed by atoms with Gasteiger partial charge >= 0.3 is 5.97 Å². The van der Waals surface area contributed by atoms with E-state index in [1.807, 2.05) is 29.5 Å². The Hall–Kier alpha value is -1.68. The zero-order valence-corrected chi connectivity index (χ0v) is 13.8. The Bertz CT molecular complexity index is 806. The van der Waals surface area contributed by atoms with E-state index < -0.39 is 16.0 Å². The van der Waals surface area contributed by atoms with Gasteiger partial charge in [-0.1, -0.05) is 0 Å². The second-order valence-electron chi connectivity index (χ2n) is 4.27. The number of anilines is 1. The number of rotatable bonds is 4. The van der Waals surface area contributed by atoms with Gasteiger partial charge in [-0.15, -0.1) is 0 Å². The summed E-state index contributed by atoms with van der Waals surface area (Å²) in [5.41, 5.74) is 0.798. The maximum atomic E-state index is 12.3. The third-order valence-electron chi connectivity index (χ3n) is 2.63. The van der Waals surface area contributed by atoms with Gasteiger partial charge in [0.1, 0.15) is 5.82 Å². The highest BCUT2D eigenvalue weighted by atomic mass is 127. The summed E-state index contributed by atoms with van der Waals surface area (Å²) in [6.45, 7) is 1.81. The van der Waals surface area contributed by atoms with Crippen LogP contribution in [-0.4, -0.2) is 24.5 Å². The predicted molar refractivity (Wildman–Crippen MR) is 85.9 cm³/mol. The van der Waals surface area contributed by atoms with Crippen LogP contribution < -0.4 is 4.72 Å². The van der Waals surface area contributed by atoms with Crippen molar-refractivity contribution in [3.63, 3.8) is 0 Å². The topological polar surface area (TPSA) is 96.4 Å². The summed E-state index contributed by atoms with van der Waals surface area (Å²) >= 11 is 1.84. The number of aromatic carboxylic acids is 1. The molecule has 21 heavy (non-hydrogen) atoms. The van der Waals surface area contributed by atoms with Gasteiger partial charge in [-0.05, 0) is 65.4 Å². The van der Waals surface area contributed by atoms with Crippen molar-refractivity contribution in [2.24, 2.45) is 0 Å². The van der Waals surface area contributed by atoms with Crippen molar-refractivity contribution >= 4 is 44.4 Å². The van der Waals surface area contributed by atoms with Crippen LogP contribution in [0.3, 0.4) is 0 Å². The fourth-order valence-corrected chi connectivity index (χ4v) is 3.22. The first-order valence-electron chi connectivity index (χ1n) is 5.78. The van der Waals surface area contributed by atoms with Gasteiger partial charge in [0.2, 0.25) is 0 Å². The summed E-state index contributed by atoms with van der Waals surface area (Å²) in [4.78, 5) is 14.9. The van der Waals surface area contributed by atoms with Crippen molar-refractivity contribution in [2.45, 2.75) is 11.8 Å². The second-order valence-corrected chi connectivity index (χ2v) is 7.12. The van der Waals surface area contributed by atoms with Crippen molar-refractivity contribution in [1.29, 1.82) is 0 Å². The SMILES string of the molecule is Cc1ccnc(NS(=O)(=O)c2ccc(I)c(C(=O)O)c2)c1. The molecular weight excluding hydrogens is 407 g/mol. The number of carboxylic acid groups (broad SMARTS) is 1. The lowest BCUT2D eigenvalue weighted by molar-refractivity contribution is 0.0695. The van der Waals surface area contributed by atoms with E-state index in [0.29, 0.717) is 3.57 Å².